The molecule has 1 N–H and O–H groups in total. The van der Waals surface area contributed by atoms with Gasteiger partial charge < -0.3 is 5.32 Å². The molecule has 3 nitrogen and oxygen atoms in total. The third-order valence-corrected chi connectivity index (χ3v) is 6.39. The molecule has 0 radical (unpaired) electrons. The minimum absolute atomic E-state index is 0.104. The van der Waals surface area contributed by atoms with Crippen molar-refractivity contribution in [3.63, 3.8) is 0 Å². The van der Waals surface area contributed by atoms with E-state index in [0.29, 0.717) is 36.0 Å². The highest BCUT2D eigenvalue weighted by molar-refractivity contribution is 6.30. The second-order valence-corrected chi connectivity index (χ2v) is 9.15. The van der Waals surface area contributed by atoms with Crippen molar-refractivity contribution >= 4 is 34.9 Å². The van der Waals surface area contributed by atoms with E-state index in [9.17, 15) is 9.59 Å². The summed E-state index contributed by atoms with van der Waals surface area (Å²) in [7, 11) is 0. The average Bonchev–Trinajstić information content (AvgIpc) is 2.74. The van der Waals surface area contributed by atoms with E-state index in [4.69, 9.17) is 23.2 Å². The molecule has 1 amide bonds. The number of aryl methyl sites for hydroxylation is 2. The van der Waals surface area contributed by atoms with Crippen molar-refractivity contribution in [2.45, 2.75) is 63.8 Å². The lowest BCUT2D eigenvalue weighted by molar-refractivity contribution is -0.123. The maximum absolute atomic E-state index is 12.3. The maximum atomic E-state index is 12.3. The number of hydrogen-bond donors (Lipinski definition) is 1. The van der Waals surface area contributed by atoms with Crippen molar-refractivity contribution in [2.24, 2.45) is 5.92 Å². The van der Waals surface area contributed by atoms with Crippen molar-refractivity contribution < 1.29 is 9.59 Å². The zero-order valence-electron chi connectivity index (χ0n) is 17.2. The summed E-state index contributed by atoms with van der Waals surface area (Å²) in [6.45, 7) is 0. The number of Topliss-reactive ketones (excluding diaryl/α,β-unsaturated/α-hetero) is 1. The zero-order chi connectivity index (χ0) is 21.3. The Labute approximate surface area is 189 Å². The van der Waals surface area contributed by atoms with E-state index in [2.05, 4.69) is 5.32 Å². The molecule has 5 heteroatoms. The van der Waals surface area contributed by atoms with Gasteiger partial charge in [-0.15, -0.1) is 0 Å². The molecule has 3 rings (SSSR count). The van der Waals surface area contributed by atoms with Crippen LogP contribution in [0.3, 0.4) is 0 Å². The molecule has 1 aliphatic carbocycles. The summed E-state index contributed by atoms with van der Waals surface area (Å²) in [6, 6.07) is 15.6. The second kappa shape index (κ2) is 11.5. The normalized spacial score (nSPS) is 18.7. The molecule has 1 saturated carbocycles. The van der Waals surface area contributed by atoms with Gasteiger partial charge in [-0.2, -0.15) is 0 Å². The Morgan fingerprint density at radius 3 is 1.80 bits per heavy atom. The predicted molar refractivity (Wildman–Crippen MR) is 123 cm³/mol. The molecule has 160 valence electrons. The Balaban J connectivity index is 1.31. The third-order valence-electron chi connectivity index (χ3n) is 5.89. The molecule has 0 spiro atoms. The predicted octanol–water partition coefficient (Wildman–Crippen LogP) is 6.19. The summed E-state index contributed by atoms with van der Waals surface area (Å²) < 4.78 is 0. The second-order valence-electron chi connectivity index (χ2n) is 8.28. The van der Waals surface area contributed by atoms with Crippen LogP contribution in [0.15, 0.2) is 48.5 Å². The van der Waals surface area contributed by atoms with Gasteiger partial charge in [-0.1, -0.05) is 47.5 Å². The van der Waals surface area contributed by atoms with Gasteiger partial charge in [0, 0.05) is 35.3 Å². The molecule has 30 heavy (non-hydrogen) atoms. The summed E-state index contributed by atoms with van der Waals surface area (Å²) >= 11 is 11.8. The highest BCUT2D eigenvalue weighted by Gasteiger charge is 2.24. The maximum Gasteiger partial charge on any atom is 0.220 e. The zero-order valence-corrected chi connectivity index (χ0v) is 18.7. The van der Waals surface area contributed by atoms with Gasteiger partial charge in [-0.25, -0.2) is 0 Å². The smallest absolute Gasteiger partial charge is 0.220 e. The number of ketones is 1. The Bertz CT molecular complexity index is 754. The lowest BCUT2D eigenvalue weighted by Crippen LogP contribution is -2.38. The molecule has 0 aromatic heterocycles. The first-order valence-corrected chi connectivity index (χ1v) is 11.5. The van der Waals surface area contributed by atoms with Crippen molar-refractivity contribution in [1.82, 2.24) is 5.32 Å². The Morgan fingerprint density at radius 2 is 1.27 bits per heavy atom. The molecule has 2 aromatic carbocycles. The monoisotopic (exact) mass is 445 g/mol. The molecule has 1 aliphatic rings. The summed E-state index contributed by atoms with van der Waals surface area (Å²) in [5.74, 6) is 0.887. The first-order valence-electron chi connectivity index (χ1n) is 10.8. The molecular weight excluding hydrogens is 417 g/mol. The highest BCUT2D eigenvalue weighted by atomic mass is 35.5. The summed E-state index contributed by atoms with van der Waals surface area (Å²) in [4.78, 5) is 24.6. The van der Waals surface area contributed by atoms with E-state index in [1.165, 1.54) is 0 Å². The fourth-order valence-electron chi connectivity index (χ4n) is 4.08. The van der Waals surface area contributed by atoms with E-state index < -0.39 is 0 Å². The Morgan fingerprint density at radius 1 is 0.767 bits per heavy atom. The molecule has 0 aliphatic heterocycles. The van der Waals surface area contributed by atoms with Crippen LogP contribution >= 0.6 is 23.2 Å². The van der Waals surface area contributed by atoms with E-state index in [0.717, 1.165) is 54.7 Å². The standard InChI is InChI=1S/C25H29Cl2NO2/c26-21-9-1-18(2-10-21)7-15-24(29)17-20-5-13-23(14-6-20)28-25(30)16-8-19-3-11-22(27)12-4-19/h1-4,9-12,20,23H,5-8,13-17H2,(H,28,30). The van der Waals surface area contributed by atoms with E-state index in [-0.39, 0.29) is 11.9 Å². The Hall–Kier alpha value is -1.84. The van der Waals surface area contributed by atoms with Crippen molar-refractivity contribution in [1.29, 1.82) is 0 Å². The van der Waals surface area contributed by atoms with Crippen LogP contribution in [0.4, 0.5) is 0 Å². The summed E-state index contributed by atoms with van der Waals surface area (Å²) in [5.41, 5.74) is 2.27. The number of rotatable bonds is 9. The first-order chi connectivity index (χ1) is 14.5. The molecule has 2 aromatic rings. The van der Waals surface area contributed by atoms with Crippen LogP contribution in [0.25, 0.3) is 0 Å². The van der Waals surface area contributed by atoms with Crippen LogP contribution in [-0.4, -0.2) is 17.7 Å². The van der Waals surface area contributed by atoms with Crippen LogP contribution in [0.2, 0.25) is 10.0 Å². The number of nitrogens with one attached hydrogen (secondary N) is 1. The van der Waals surface area contributed by atoms with Gasteiger partial charge in [0.2, 0.25) is 5.91 Å². The van der Waals surface area contributed by atoms with Gasteiger partial charge in [-0.05, 0) is 79.8 Å². The van der Waals surface area contributed by atoms with Crippen LogP contribution in [0.5, 0.6) is 0 Å². The van der Waals surface area contributed by atoms with Gasteiger partial charge >= 0.3 is 0 Å². The lowest BCUT2D eigenvalue weighted by atomic mass is 9.82. The van der Waals surface area contributed by atoms with Crippen molar-refractivity contribution in [2.75, 3.05) is 0 Å². The van der Waals surface area contributed by atoms with Crippen LogP contribution in [0.1, 0.15) is 56.1 Å². The van der Waals surface area contributed by atoms with Gasteiger partial charge in [0.25, 0.3) is 0 Å². The fraction of sp³-hybridized carbons (Fsp3) is 0.440. The van der Waals surface area contributed by atoms with Crippen molar-refractivity contribution in [3.05, 3.63) is 69.7 Å². The molecule has 0 bridgehead atoms. The minimum Gasteiger partial charge on any atom is -0.353 e. The quantitative estimate of drug-likeness (QED) is 0.499. The van der Waals surface area contributed by atoms with Crippen LogP contribution < -0.4 is 5.32 Å². The van der Waals surface area contributed by atoms with Crippen LogP contribution in [0, 0.1) is 5.92 Å². The number of amides is 1. The highest BCUT2D eigenvalue weighted by Crippen LogP contribution is 2.28. The van der Waals surface area contributed by atoms with Gasteiger partial charge in [-0.3, -0.25) is 9.59 Å². The van der Waals surface area contributed by atoms with Gasteiger partial charge in [0.05, 0.1) is 0 Å². The van der Waals surface area contributed by atoms with Gasteiger partial charge in [0.1, 0.15) is 5.78 Å². The SMILES string of the molecule is O=C(CCc1ccc(Cl)cc1)CC1CCC(NC(=O)CCc2ccc(Cl)cc2)CC1. The molecule has 0 atom stereocenters. The topological polar surface area (TPSA) is 46.2 Å². The number of carbonyl (C=O) groups excluding carboxylic acids is 2. The molecule has 1 fully saturated rings. The largest absolute Gasteiger partial charge is 0.353 e. The number of carbonyl (C=O) groups is 2. The number of hydrogen-bond acceptors (Lipinski definition) is 2. The first kappa shape index (κ1) is 22.8. The Kier molecular flexibility index (Phi) is 8.77. The summed E-state index contributed by atoms with van der Waals surface area (Å²) in [6.07, 6.45) is 7.17. The third kappa shape index (κ3) is 7.77. The molecule has 0 heterocycles. The van der Waals surface area contributed by atoms with E-state index in [1.807, 2.05) is 48.5 Å². The van der Waals surface area contributed by atoms with Crippen LogP contribution in [-0.2, 0) is 22.4 Å². The minimum atomic E-state index is 0.104. The molecule has 0 unspecified atom stereocenters. The van der Waals surface area contributed by atoms with E-state index >= 15 is 0 Å². The number of halogens is 2. The average molecular weight is 446 g/mol. The molecular formula is C25H29Cl2NO2. The van der Waals surface area contributed by atoms with E-state index in [1.54, 1.807) is 0 Å². The fourth-order valence-corrected chi connectivity index (χ4v) is 4.33. The lowest BCUT2D eigenvalue weighted by Gasteiger charge is -2.28. The van der Waals surface area contributed by atoms with Gasteiger partial charge in [0.15, 0.2) is 0 Å². The molecule has 0 saturated heterocycles. The van der Waals surface area contributed by atoms with Crippen molar-refractivity contribution in [3.8, 4) is 0 Å². The number of benzene rings is 2. The summed E-state index contributed by atoms with van der Waals surface area (Å²) in [5, 5.41) is 4.60.